The first kappa shape index (κ1) is 12.9. The van der Waals surface area contributed by atoms with Gasteiger partial charge in [0.05, 0.1) is 0 Å². The number of anilines is 1. The van der Waals surface area contributed by atoms with Gasteiger partial charge in [-0.3, -0.25) is 4.79 Å². The van der Waals surface area contributed by atoms with Crippen molar-refractivity contribution in [1.29, 1.82) is 0 Å². The fourth-order valence-corrected chi connectivity index (χ4v) is 3.00. The van der Waals surface area contributed by atoms with E-state index in [9.17, 15) is 4.79 Å². The quantitative estimate of drug-likeness (QED) is 0.717. The highest BCUT2D eigenvalue weighted by Crippen LogP contribution is 2.31. The van der Waals surface area contributed by atoms with Gasteiger partial charge in [0.2, 0.25) is 0 Å². The lowest BCUT2D eigenvalue weighted by molar-refractivity contribution is 0.0989. The SMILES string of the molecule is O=C(c1ccc(Br)cc1)N1CCc2cc(Br)ccc21. The Bertz CT molecular complexity index is 637. The maximum Gasteiger partial charge on any atom is 0.258 e. The Morgan fingerprint density at radius 2 is 1.68 bits per heavy atom. The van der Waals surface area contributed by atoms with Gasteiger partial charge in [-0.25, -0.2) is 0 Å². The second-order valence-electron chi connectivity index (χ2n) is 4.49. The predicted molar refractivity (Wildman–Crippen MR) is 83.7 cm³/mol. The Labute approximate surface area is 128 Å². The highest BCUT2D eigenvalue weighted by atomic mass is 79.9. The van der Waals surface area contributed by atoms with Crippen LogP contribution in [0.1, 0.15) is 15.9 Å². The highest BCUT2D eigenvalue weighted by molar-refractivity contribution is 9.10. The Morgan fingerprint density at radius 1 is 1.00 bits per heavy atom. The maximum atomic E-state index is 12.5. The van der Waals surface area contributed by atoms with Crippen LogP contribution < -0.4 is 4.90 Å². The molecule has 0 aromatic heterocycles. The zero-order valence-corrected chi connectivity index (χ0v) is 13.2. The number of hydrogen-bond donors (Lipinski definition) is 0. The molecule has 3 rings (SSSR count). The lowest BCUT2D eigenvalue weighted by Gasteiger charge is -2.17. The van der Waals surface area contributed by atoms with Crippen molar-refractivity contribution in [3.8, 4) is 0 Å². The number of fused-ring (bicyclic) bond motifs is 1. The minimum absolute atomic E-state index is 0.0635. The van der Waals surface area contributed by atoms with E-state index in [-0.39, 0.29) is 5.91 Å². The number of carbonyl (C=O) groups is 1. The van der Waals surface area contributed by atoms with Gasteiger partial charge in [0.15, 0.2) is 0 Å². The predicted octanol–water partition coefficient (Wildman–Crippen LogP) is 4.41. The third-order valence-corrected chi connectivity index (χ3v) is 4.30. The number of halogens is 2. The number of hydrogen-bond acceptors (Lipinski definition) is 1. The molecule has 2 nitrogen and oxygen atoms in total. The Kier molecular flexibility index (Phi) is 3.46. The summed E-state index contributed by atoms with van der Waals surface area (Å²) in [5.41, 5.74) is 2.97. The fraction of sp³-hybridized carbons (Fsp3) is 0.133. The third kappa shape index (κ3) is 2.47. The topological polar surface area (TPSA) is 20.3 Å². The van der Waals surface area contributed by atoms with Crippen molar-refractivity contribution >= 4 is 43.5 Å². The van der Waals surface area contributed by atoms with Crippen LogP contribution in [0.25, 0.3) is 0 Å². The fourth-order valence-electron chi connectivity index (χ4n) is 2.33. The van der Waals surface area contributed by atoms with Gasteiger partial charge in [0, 0.05) is 26.7 Å². The molecule has 1 aliphatic rings. The monoisotopic (exact) mass is 379 g/mol. The molecular weight excluding hydrogens is 370 g/mol. The molecule has 1 amide bonds. The van der Waals surface area contributed by atoms with Crippen LogP contribution in [0.4, 0.5) is 5.69 Å². The van der Waals surface area contributed by atoms with Gasteiger partial charge in [0.1, 0.15) is 0 Å². The van der Waals surface area contributed by atoms with Gasteiger partial charge in [-0.1, -0.05) is 31.9 Å². The molecule has 0 radical (unpaired) electrons. The van der Waals surface area contributed by atoms with Gasteiger partial charge >= 0.3 is 0 Å². The van der Waals surface area contributed by atoms with E-state index in [1.54, 1.807) is 0 Å². The molecular formula is C15H11Br2NO. The summed E-state index contributed by atoms with van der Waals surface area (Å²) in [5.74, 6) is 0.0635. The second kappa shape index (κ2) is 5.10. The van der Waals surface area contributed by atoms with Crippen molar-refractivity contribution in [2.45, 2.75) is 6.42 Å². The smallest absolute Gasteiger partial charge is 0.258 e. The summed E-state index contributed by atoms with van der Waals surface area (Å²) in [6.07, 6.45) is 0.914. The van der Waals surface area contributed by atoms with E-state index in [0.29, 0.717) is 0 Å². The lowest BCUT2D eigenvalue weighted by Crippen LogP contribution is -2.28. The van der Waals surface area contributed by atoms with Crippen LogP contribution in [0.3, 0.4) is 0 Å². The van der Waals surface area contributed by atoms with Gasteiger partial charge in [-0.2, -0.15) is 0 Å². The van der Waals surface area contributed by atoms with Crippen LogP contribution in [0.5, 0.6) is 0 Å². The van der Waals surface area contributed by atoms with Gasteiger partial charge < -0.3 is 4.90 Å². The van der Waals surface area contributed by atoms with Gasteiger partial charge in [0.25, 0.3) is 5.91 Å². The van der Waals surface area contributed by atoms with Gasteiger partial charge in [-0.15, -0.1) is 0 Å². The van der Waals surface area contributed by atoms with E-state index >= 15 is 0 Å². The minimum Gasteiger partial charge on any atom is -0.308 e. The summed E-state index contributed by atoms with van der Waals surface area (Å²) in [5, 5.41) is 0. The molecule has 0 N–H and O–H groups in total. The summed E-state index contributed by atoms with van der Waals surface area (Å²) in [7, 11) is 0. The molecule has 0 bridgehead atoms. The number of nitrogens with zero attached hydrogens (tertiary/aromatic N) is 1. The maximum absolute atomic E-state index is 12.5. The number of benzene rings is 2. The molecule has 0 aliphatic carbocycles. The standard InChI is InChI=1S/C15H11Br2NO/c16-12-3-1-10(2-4-12)15(19)18-8-7-11-9-13(17)5-6-14(11)18/h1-6,9H,7-8H2. The molecule has 0 unspecified atom stereocenters. The normalized spacial score (nSPS) is 13.5. The molecule has 0 atom stereocenters. The first-order valence-electron chi connectivity index (χ1n) is 6.01. The molecule has 1 heterocycles. The summed E-state index contributed by atoms with van der Waals surface area (Å²) < 4.78 is 2.04. The molecule has 0 saturated heterocycles. The summed E-state index contributed by atoms with van der Waals surface area (Å²) in [6, 6.07) is 13.6. The van der Waals surface area contributed by atoms with Crippen LogP contribution in [-0.4, -0.2) is 12.5 Å². The Morgan fingerprint density at radius 3 is 2.42 bits per heavy atom. The van der Waals surface area contributed by atoms with E-state index < -0.39 is 0 Å². The first-order valence-corrected chi connectivity index (χ1v) is 7.59. The number of carbonyl (C=O) groups excluding carboxylic acids is 1. The lowest BCUT2D eigenvalue weighted by atomic mass is 10.1. The van der Waals surface area contributed by atoms with E-state index in [4.69, 9.17) is 0 Å². The minimum atomic E-state index is 0.0635. The molecule has 0 spiro atoms. The van der Waals surface area contributed by atoms with Crippen LogP contribution in [0, 0.1) is 0 Å². The third-order valence-electron chi connectivity index (χ3n) is 3.27. The number of amides is 1. The van der Waals surface area contributed by atoms with Crippen molar-refractivity contribution in [3.05, 3.63) is 62.5 Å². The highest BCUT2D eigenvalue weighted by Gasteiger charge is 2.25. The van der Waals surface area contributed by atoms with Gasteiger partial charge in [-0.05, 0) is 54.4 Å². The number of rotatable bonds is 1. The van der Waals surface area contributed by atoms with Crippen LogP contribution in [0.15, 0.2) is 51.4 Å². The van der Waals surface area contributed by atoms with Crippen molar-refractivity contribution in [2.75, 3.05) is 11.4 Å². The largest absolute Gasteiger partial charge is 0.308 e. The molecule has 96 valence electrons. The molecule has 2 aromatic rings. The molecule has 4 heteroatoms. The van der Waals surface area contributed by atoms with Crippen LogP contribution in [-0.2, 0) is 6.42 Å². The molecule has 0 saturated carbocycles. The Balaban J connectivity index is 1.93. The zero-order chi connectivity index (χ0) is 13.4. The van der Waals surface area contributed by atoms with E-state index in [2.05, 4.69) is 37.9 Å². The van der Waals surface area contributed by atoms with E-state index in [1.165, 1.54) is 5.56 Å². The van der Waals surface area contributed by atoms with E-state index in [1.807, 2.05) is 41.3 Å². The second-order valence-corrected chi connectivity index (χ2v) is 6.32. The van der Waals surface area contributed by atoms with Crippen LogP contribution >= 0.6 is 31.9 Å². The van der Waals surface area contributed by atoms with Crippen molar-refractivity contribution in [2.24, 2.45) is 0 Å². The summed E-state index contributed by atoms with van der Waals surface area (Å²) in [4.78, 5) is 14.4. The summed E-state index contributed by atoms with van der Waals surface area (Å²) >= 11 is 6.85. The van der Waals surface area contributed by atoms with Crippen molar-refractivity contribution in [3.63, 3.8) is 0 Å². The van der Waals surface area contributed by atoms with Crippen molar-refractivity contribution in [1.82, 2.24) is 0 Å². The van der Waals surface area contributed by atoms with Crippen molar-refractivity contribution < 1.29 is 4.79 Å². The average molecular weight is 381 g/mol. The molecule has 2 aromatic carbocycles. The Hall–Kier alpha value is -1.13. The summed E-state index contributed by atoms with van der Waals surface area (Å²) in [6.45, 7) is 0.751. The van der Waals surface area contributed by atoms with Crippen LogP contribution in [0.2, 0.25) is 0 Å². The molecule has 1 aliphatic heterocycles. The average Bonchev–Trinajstić information content (AvgIpc) is 2.81. The zero-order valence-electron chi connectivity index (χ0n) is 10.1. The van der Waals surface area contributed by atoms with E-state index in [0.717, 1.165) is 33.2 Å². The molecule has 0 fully saturated rings. The first-order chi connectivity index (χ1) is 9.15. The molecule has 19 heavy (non-hydrogen) atoms.